The van der Waals surface area contributed by atoms with Crippen molar-refractivity contribution in [1.29, 1.82) is 0 Å². The Balaban J connectivity index is 1.79. The number of anilines is 2. The van der Waals surface area contributed by atoms with Crippen LogP contribution in [0.25, 0.3) is 22.2 Å². The van der Waals surface area contributed by atoms with Crippen LogP contribution in [-0.2, 0) is 10.0 Å². The van der Waals surface area contributed by atoms with Gasteiger partial charge in [-0.05, 0) is 57.5 Å². The van der Waals surface area contributed by atoms with Crippen LogP contribution in [0, 0.1) is 19.7 Å². The van der Waals surface area contributed by atoms with Crippen molar-refractivity contribution >= 4 is 32.8 Å². The average Bonchev–Trinajstić information content (AvgIpc) is 2.75. The molecule has 34 heavy (non-hydrogen) atoms. The average molecular weight is 483 g/mol. The molecule has 0 radical (unpaired) electrons. The van der Waals surface area contributed by atoms with Gasteiger partial charge in [-0.25, -0.2) is 22.8 Å². The van der Waals surface area contributed by atoms with Crippen molar-refractivity contribution in [3.05, 3.63) is 70.0 Å². The number of rotatable bonds is 5. The standard InChI is InChI=1S/C23H23FN6O3S/c1-12(2)30-21-15(11-26-23(25)28-21)10-17(22(30)31)16-8-9-19(27-14(16)4)29-34(32,33)18-7-5-6-13(3)20(18)24/h5-12H,1-4H3,(H,27,29)(H2,25,26,28). The lowest BCUT2D eigenvalue weighted by Crippen LogP contribution is -2.25. The van der Waals surface area contributed by atoms with Gasteiger partial charge in [0.25, 0.3) is 15.6 Å². The predicted molar refractivity (Wildman–Crippen MR) is 129 cm³/mol. The molecule has 3 N–H and O–H groups in total. The number of sulfonamides is 1. The van der Waals surface area contributed by atoms with E-state index in [1.807, 2.05) is 13.8 Å². The molecule has 0 bridgehead atoms. The van der Waals surface area contributed by atoms with E-state index in [-0.39, 0.29) is 28.9 Å². The molecule has 176 valence electrons. The monoisotopic (exact) mass is 482 g/mol. The summed E-state index contributed by atoms with van der Waals surface area (Å²) < 4.78 is 43.6. The van der Waals surface area contributed by atoms with E-state index in [9.17, 15) is 17.6 Å². The highest BCUT2D eigenvalue weighted by Gasteiger charge is 2.22. The summed E-state index contributed by atoms with van der Waals surface area (Å²) in [5, 5.41) is 0.622. The quantitative estimate of drug-likeness (QED) is 0.444. The lowest BCUT2D eigenvalue weighted by molar-refractivity contribution is 0.565. The molecule has 0 atom stereocenters. The molecular weight excluding hydrogens is 459 g/mol. The minimum absolute atomic E-state index is 0.00300. The molecule has 0 saturated carbocycles. The summed E-state index contributed by atoms with van der Waals surface area (Å²) >= 11 is 0. The molecular formula is C23H23FN6O3S. The number of hydrogen-bond acceptors (Lipinski definition) is 7. The molecule has 3 heterocycles. The fourth-order valence-corrected chi connectivity index (χ4v) is 4.88. The topological polar surface area (TPSA) is 133 Å². The van der Waals surface area contributed by atoms with E-state index in [1.54, 1.807) is 25.3 Å². The van der Waals surface area contributed by atoms with Crippen LogP contribution >= 0.6 is 0 Å². The van der Waals surface area contributed by atoms with E-state index in [2.05, 4.69) is 19.7 Å². The van der Waals surface area contributed by atoms with Crippen molar-refractivity contribution in [2.24, 2.45) is 0 Å². The van der Waals surface area contributed by atoms with Crippen LogP contribution in [0.1, 0.15) is 31.1 Å². The second-order valence-corrected chi connectivity index (χ2v) is 9.81. The Morgan fingerprint density at radius 2 is 1.82 bits per heavy atom. The maximum atomic E-state index is 14.4. The number of benzene rings is 1. The molecule has 3 aromatic heterocycles. The minimum Gasteiger partial charge on any atom is -0.368 e. The molecule has 1 aromatic carbocycles. The fourth-order valence-electron chi connectivity index (χ4n) is 3.73. The summed E-state index contributed by atoms with van der Waals surface area (Å²) in [5.74, 6) is -0.756. The first-order valence-corrected chi connectivity index (χ1v) is 11.9. The number of aryl methyl sites for hydroxylation is 2. The van der Waals surface area contributed by atoms with E-state index >= 15 is 0 Å². The van der Waals surface area contributed by atoms with E-state index in [1.165, 1.54) is 35.8 Å². The number of pyridine rings is 2. The van der Waals surface area contributed by atoms with Gasteiger partial charge in [0, 0.05) is 34.4 Å². The first-order valence-electron chi connectivity index (χ1n) is 10.4. The Morgan fingerprint density at radius 1 is 1.09 bits per heavy atom. The Hall–Kier alpha value is -3.86. The Bertz CT molecular complexity index is 1600. The van der Waals surface area contributed by atoms with Gasteiger partial charge in [-0.1, -0.05) is 12.1 Å². The Kier molecular flexibility index (Phi) is 5.82. The summed E-state index contributed by atoms with van der Waals surface area (Å²) in [4.78, 5) is 25.4. The Morgan fingerprint density at radius 3 is 2.50 bits per heavy atom. The molecule has 11 heteroatoms. The van der Waals surface area contributed by atoms with E-state index in [4.69, 9.17) is 5.73 Å². The number of nitrogens with two attached hydrogens (primary N) is 1. The molecule has 4 rings (SSSR count). The zero-order valence-corrected chi connectivity index (χ0v) is 19.8. The van der Waals surface area contributed by atoms with E-state index < -0.39 is 20.7 Å². The molecule has 0 aliphatic carbocycles. The van der Waals surface area contributed by atoms with Gasteiger partial charge in [0.05, 0.1) is 0 Å². The smallest absolute Gasteiger partial charge is 0.265 e. The lowest BCUT2D eigenvalue weighted by atomic mass is 10.0. The number of aromatic nitrogens is 4. The van der Waals surface area contributed by atoms with Gasteiger partial charge in [-0.15, -0.1) is 0 Å². The maximum Gasteiger partial charge on any atom is 0.265 e. The highest BCUT2D eigenvalue weighted by atomic mass is 32.2. The molecule has 0 aliphatic heterocycles. The molecule has 0 spiro atoms. The SMILES string of the molecule is Cc1cccc(S(=O)(=O)Nc2ccc(-c3cc4cnc(N)nc4n(C(C)C)c3=O)c(C)n2)c1F. The number of nitrogens with zero attached hydrogens (tertiary/aromatic N) is 4. The molecule has 9 nitrogen and oxygen atoms in total. The number of hydrogen-bond donors (Lipinski definition) is 2. The molecule has 0 aliphatic rings. The van der Waals surface area contributed by atoms with Crippen LogP contribution < -0.4 is 16.0 Å². The van der Waals surface area contributed by atoms with Crippen molar-refractivity contribution in [2.75, 3.05) is 10.5 Å². The summed E-state index contributed by atoms with van der Waals surface area (Å²) in [6.45, 7) is 6.86. The summed E-state index contributed by atoms with van der Waals surface area (Å²) in [5.41, 5.74) is 7.35. The van der Waals surface area contributed by atoms with Gasteiger partial charge in [0.1, 0.15) is 22.2 Å². The number of fused-ring (bicyclic) bond motifs is 1. The molecule has 0 saturated heterocycles. The third-order valence-corrected chi connectivity index (χ3v) is 6.74. The molecule has 4 aromatic rings. The van der Waals surface area contributed by atoms with Crippen LogP contribution in [0.5, 0.6) is 0 Å². The van der Waals surface area contributed by atoms with Crippen molar-refractivity contribution in [3.63, 3.8) is 0 Å². The molecule has 0 amide bonds. The molecule has 0 fully saturated rings. The minimum atomic E-state index is -4.20. The van der Waals surface area contributed by atoms with Crippen molar-refractivity contribution in [1.82, 2.24) is 19.5 Å². The zero-order valence-electron chi connectivity index (χ0n) is 19.0. The van der Waals surface area contributed by atoms with E-state index in [0.29, 0.717) is 27.9 Å². The van der Waals surface area contributed by atoms with Crippen molar-refractivity contribution in [2.45, 2.75) is 38.6 Å². The summed E-state index contributed by atoms with van der Waals surface area (Å²) in [7, 11) is -4.20. The van der Waals surface area contributed by atoms with Gasteiger partial charge in [0.2, 0.25) is 5.95 Å². The summed E-state index contributed by atoms with van der Waals surface area (Å²) in [6.07, 6.45) is 1.54. The number of halogens is 1. The van der Waals surface area contributed by atoms with E-state index in [0.717, 1.165) is 0 Å². The van der Waals surface area contributed by atoms with Gasteiger partial charge < -0.3 is 5.73 Å². The summed E-state index contributed by atoms with van der Waals surface area (Å²) in [6, 6.07) is 8.61. The van der Waals surface area contributed by atoms with Gasteiger partial charge >= 0.3 is 0 Å². The predicted octanol–water partition coefficient (Wildman–Crippen LogP) is 3.57. The largest absolute Gasteiger partial charge is 0.368 e. The fraction of sp³-hybridized carbons (Fsp3) is 0.217. The first kappa shape index (κ1) is 23.3. The highest BCUT2D eigenvalue weighted by Crippen LogP contribution is 2.26. The number of nitrogen functional groups attached to an aromatic ring is 1. The second kappa shape index (κ2) is 8.49. The highest BCUT2D eigenvalue weighted by molar-refractivity contribution is 7.92. The third kappa shape index (κ3) is 4.10. The van der Waals surface area contributed by atoms with Crippen LogP contribution in [0.4, 0.5) is 16.2 Å². The van der Waals surface area contributed by atoms with Gasteiger partial charge in [0.15, 0.2) is 0 Å². The van der Waals surface area contributed by atoms with Gasteiger partial charge in [-0.3, -0.25) is 14.1 Å². The zero-order chi connectivity index (χ0) is 24.8. The number of nitrogens with one attached hydrogen (secondary N) is 1. The Labute approximate surface area is 195 Å². The maximum absolute atomic E-state index is 14.4. The van der Waals surface area contributed by atoms with Crippen LogP contribution in [0.2, 0.25) is 0 Å². The lowest BCUT2D eigenvalue weighted by Gasteiger charge is -2.16. The second-order valence-electron chi connectivity index (χ2n) is 8.16. The van der Waals surface area contributed by atoms with Crippen LogP contribution in [0.3, 0.4) is 0 Å². The van der Waals surface area contributed by atoms with Crippen LogP contribution in [-0.4, -0.2) is 27.9 Å². The third-order valence-electron chi connectivity index (χ3n) is 5.37. The first-order chi connectivity index (χ1) is 16.0. The normalized spacial score (nSPS) is 11.8. The van der Waals surface area contributed by atoms with Crippen molar-refractivity contribution < 1.29 is 12.8 Å². The van der Waals surface area contributed by atoms with Crippen LogP contribution in [0.15, 0.2) is 52.3 Å². The van der Waals surface area contributed by atoms with Gasteiger partial charge in [-0.2, -0.15) is 4.98 Å². The molecule has 0 unspecified atom stereocenters. The van der Waals surface area contributed by atoms with Crippen molar-refractivity contribution in [3.8, 4) is 11.1 Å².